The van der Waals surface area contributed by atoms with Crippen molar-refractivity contribution >= 4 is 22.6 Å². The zero-order chi connectivity index (χ0) is 18.3. The lowest BCUT2D eigenvalue weighted by Crippen LogP contribution is -2.35. The van der Waals surface area contributed by atoms with Crippen LogP contribution in [0.1, 0.15) is 34.8 Å². The Hall–Kier alpha value is -3.22. The molecule has 1 aliphatic carbocycles. The molecule has 0 amide bonds. The minimum atomic E-state index is -0.498. The van der Waals surface area contributed by atoms with E-state index >= 15 is 0 Å². The van der Waals surface area contributed by atoms with Crippen LogP contribution >= 0.6 is 0 Å². The number of carbonyl (C=O) groups excluding carboxylic acids is 1. The van der Waals surface area contributed by atoms with E-state index in [-0.39, 0.29) is 17.8 Å². The second-order valence-electron chi connectivity index (χ2n) is 6.56. The molecule has 7 heteroatoms. The summed E-state index contributed by atoms with van der Waals surface area (Å²) >= 11 is 0. The summed E-state index contributed by atoms with van der Waals surface area (Å²) in [5, 5.41) is 16.3. The number of rotatable bonds is 4. The Morgan fingerprint density at radius 2 is 1.96 bits per heavy atom. The predicted molar refractivity (Wildman–Crippen MR) is 95.0 cm³/mol. The molecule has 3 aromatic rings. The first-order valence-electron chi connectivity index (χ1n) is 8.41. The van der Waals surface area contributed by atoms with Gasteiger partial charge in [0.05, 0.1) is 28.2 Å². The van der Waals surface area contributed by atoms with Gasteiger partial charge in [-0.05, 0) is 24.6 Å². The van der Waals surface area contributed by atoms with Crippen molar-refractivity contribution in [3.8, 4) is 0 Å². The number of nitrogens with zero attached hydrogens (tertiary/aromatic N) is 3. The van der Waals surface area contributed by atoms with Crippen molar-refractivity contribution < 1.29 is 14.5 Å². The molecule has 0 atom stereocenters. The number of nitro groups is 1. The second-order valence-corrected chi connectivity index (χ2v) is 6.56. The third-order valence-corrected chi connectivity index (χ3v) is 4.82. The molecule has 0 bridgehead atoms. The molecule has 1 heterocycles. The Morgan fingerprint density at radius 3 is 2.65 bits per heavy atom. The lowest BCUT2D eigenvalue weighted by molar-refractivity contribution is -0.384. The van der Waals surface area contributed by atoms with E-state index in [4.69, 9.17) is 4.74 Å². The summed E-state index contributed by atoms with van der Waals surface area (Å²) in [7, 11) is 0. The summed E-state index contributed by atoms with van der Waals surface area (Å²) in [4.78, 5) is 22.3. The molecule has 132 valence electrons. The maximum atomic E-state index is 12.2. The molecule has 0 radical (unpaired) electrons. The van der Waals surface area contributed by atoms with Crippen molar-refractivity contribution in [2.75, 3.05) is 0 Å². The Kier molecular flexibility index (Phi) is 3.91. The number of para-hydroxylation sites is 1. The Morgan fingerprint density at radius 1 is 1.23 bits per heavy atom. The van der Waals surface area contributed by atoms with Gasteiger partial charge in [-0.3, -0.25) is 14.8 Å². The average Bonchev–Trinajstić information content (AvgIpc) is 3.02. The van der Waals surface area contributed by atoms with Crippen LogP contribution in [0.2, 0.25) is 0 Å². The van der Waals surface area contributed by atoms with E-state index in [0.29, 0.717) is 18.4 Å². The van der Waals surface area contributed by atoms with Gasteiger partial charge in [-0.25, -0.2) is 4.79 Å². The molecule has 26 heavy (non-hydrogen) atoms. The van der Waals surface area contributed by atoms with Crippen LogP contribution in [-0.2, 0) is 4.74 Å². The highest BCUT2D eigenvalue weighted by Crippen LogP contribution is 2.37. The fraction of sp³-hybridized carbons (Fsp3) is 0.263. The molecule has 0 aliphatic heterocycles. The number of benzene rings is 2. The molecule has 1 saturated carbocycles. The Balaban J connectivity index is 1.40. The van der Waals surface area contributed by atoms with Gasteiger partial charge in [-0.1, -0.05) is 18.2 Å². The van der Waals surface area contributed by atoms with Gasteiger partial charge in [-0.15, -0.1) is 0 Å². The monoisotopic (exact) mass is 351 g/mol. The number of esters is 1. The van der Waals surface area contributed by atoms with Gasteiger partial charge in [0.1, 0.15) is 6.10 Å². The number of aromatic nitrogens is 2. The van der Waals surface area contributed by atoms with E-state index in [0.717, 1.165) is 10.9 Å². The molecular formula is C19H17N3O4. The molecule has 2 aromatic carbocycles. The standard InChI is InChI=1S/C19H17N3O4/c1-12-3-2-4-14-11-20-21(18(12)14)16-9-17(10-16)26-19(23)13-5-7-15(8-6-13)22(24)25/h2-8,11,16-17H,9-10H2,1H3. The number of aryl methyl sites for hydroxylation is 1. The van der Waals surface area contributed by atoms with Crippen LogP contribution in [0.15, 0.2) is 48.7 Å². The van der Waals surface area contributed by atoms with Crippen LogP contribution in [0.5, 0.6) is 0 Å². The van der Waals surface area contributed by atoms with Crippen molar-refractivity contribution in [3.63, 3.8) is 0 Å². The van der Waals surface area contributed by atoms with Gasteiger partial charge in [0, 0.05) is 30.4 Å². The maximum Gasteiger partial charge on any atom is 0.338 e. The molecule has 7 nitrogen and oxygen atoms in total. The summed E-state index contributed by atoms with van der Waals surface area (Å²) in [6.45, 7) is 2.06. The highest BCUT2D eigenvalue weighted by Gasteiger charge is 2.35. The van der Waals surface area contributed by atoms with Gasteiger partial charge in [0.25, 0.3) is 5.69 Å². The summed E-state index contributed by atoms with van der Waals surface area (Å²) < 4.78 is 7.51. The number of hydrogen-bond acceptors (Lipinski definition) is 5. The van der Waals surface area contributed by atoms with Crippen LogP contribution in [-0.4, -0.2) is 26.8 Å². The van der Waals surface area contributed by atoms with Crippen molar-refractivity contribution in [2.45, 2.75) is 31.9 Å². The van der Waals surface area contributed by atoms with E-state index in [1.165, 1.54) is 29.8 Å². The van der Waals surface area contributed by atoms with Crippen LogP contribution in [0.4, 0.5) is 5.69 Å². The summed E-state index contributed by atoms with van der Waals surface area (Å²) in [6.07, 6.45) is 3.12. The molecule has 0 spiro atoms. The SMILES string of the molecule is Cc1cccc2cnn(C3CC(OC(=O)c4ccc([N+](=O)[O-])cc4)C3)c12. The van der Waals surface area contributed by atoms with Crippen molar-refractivity contribution in [1.29, 1.82) is 0 Å². The van der Waals surface area contributed by atoms with Crippen molar-refractivity contribution in [1.82, 2.24) is 9.78 Å². The van der Waals surface area contributed by atoms with E-state index in [2.05, 4.69) is 18.1 Å². The molecular weight excluding hydrogens is 334 g/mol. The fourth-order valence-corrected chi connectivity index (χ4v) is 3.33. The van der Waals surface area contributed by atoms with Gasteiger partial charge >= 0.3 is 5.97 Å². The number of non-ortho nitro benzene ring substituents is 1. The van der Waals surface area contributed by atoms with Crippen molar-refractivity contribution in [3.05, 3.63) is 69.9 Å². The average molecular weight is 351 g/mol. The second kappa shape index (κ2) is 6.25. The first-order valence-corrected chi connectivity index (χ1v) is 8.41. The quantitative estimate of drug-likeness (QED) is 0.405. The molecule has 1 aliphatic rings. The van der Waals surface area contributed by atoms with E-state index in [1.807, 2.05) is 23.0 Å². The van der Waals surface area contributed by atoms with E-state index in [1.54, 1.807) is 0 Å². The summed E-state index contributed by atoms with van der Waals surface area (Å²) in [6, 6.07) is 11.8. The van der Waals surface area contributed by atoms with Crippen LogP contribution in [0, 0.1) is 17.0 Å². The van der Waals surface area contributed by atoms with Gasteiger partial charge in [0.15, 0.2) is 0 Å². The number of hydrogen-bond donors (Lipinski definition) is 0. The minimum Gasteiger partial charge on any atom is -0.459 e. The third kappa shape index (κ3) is 2.81. The molecule has 0 unspecified atom stereocenters. The Bertz CT molecular complexity index is 988. The topological polar surface area (TPSA) is 87.3 Å². The largest absolute Gasteiger partial charge is 0.459 e. The zero-order valence-electron chi connectivity index (χ0n) is 14.2. The van der Waals surface area contributed by atoms with Gasteiger partial charge in [-0.2, -0.15) is 5.10 Å². The molecule has 0 N–H and O–H groups in total. The van der Waals surface area contributed by atoms with Crippen molar-refractivity contribution in [2.24, 2.45) is 0 Å². The molecule has 1 aromatic heterocycles. The van der Waals surface area contributed by atoms with Crippen LogP contribution in [0.25, 0.3) is 10.9 Å². The Labute approximate surface area is 149 Å². The molecule has 0 saturated heterocycles. The first kappa shape index (κ1) is 16.3. The molecule has 1 fully saturated rings. The summed E-state index contributed by atoms with van der Waals surface area (Å²) in [5.74, 6) is -0.454. The maximum absolute atomic E-state index is 12.2. The smallest absolute Gasteiger partial charge is 0.338 e. The molecule has 4 rings (SSSR count). The number of ether oxygens (including phenoxy) is 1. The predicted octanol–water partition coefficient (Wildman–Crippen LogP) is 3.81. The van der Waals surface area contributed by atoms with Gasteiger partial charge in [0.2, 0.25) is 0 Å². The van der Waals surface area contributed by atoms with E-state index < -0.39 is 10.9 Å². The number of nitro benzene ring substituents is 1. The highest BCUT2D eigenvalue weighted by atomic mass is 16.6. The number of carbonyl (C=O) groups is 1. The van der Waals surface area contributed by atoms with Crippen LogP contribution in [0.3, 0.4) is 0 Å². The zero-order valence-corrected chi connectivity index (χ0v) is 14.2. The summed E-state index contributed by atoms with van der Waals surface area (Å²) in [5.41, 5.74) is 2.56. The lowest BCUT2D eigenvalue weighted by atomic mass is 9.89. The third-order valence-electron chi connectivity index (χ3n) is 4.82. The van der Waals surface area contributed by atoms with Crippen LogP contribution < -0.4 is 0 Å². The van der Waals surface area contributed by atoms with E-state index in [9.17, 15) is 14.9 Å². The fourth-order valence-electron chi connectivity index (χ4n) is 3.33. The lowest BCUT2D eigenvalue weighted by Gasteiger charge is -2.35. The van der Waals surface area contributed by atoms with Gasteiger partial charge < -0.3 is 4.74 Å². The first-order chi connectivity index (χ1) is 12.5. The normalized spacial score (nSPS) is 19.1. The highest BCUT2D eigenvalue weighted by molar-refractivity contribution is 5.89. The number of fused-ring (bicyclic) bond motifs is 1. The minimum absolute atomic E-state index is 0.0498.